The fourth-order valence-corrected chi connectivity index (χ4v) is 3.83. The van der Waals surface area contributed by atoms with E-state index in [1.807, 2.05) is 47.2 Å². The number of nitrogens with zero attached hydrogens (tertiary/aromatic N) is 1. The van der Waals surface area contributed by atoms with Gasteiger partial charge in [-0.2, -0.15) is 0 Å². The summed E-state index contributed by atoms with van der Waals surface area (Å²) in [6, 6.07) is 11.8. The number of thiazole rings is 1. The van der Waals surface area contributed by atoms with E-state index in [1.54, 1.807) is 29.8 Å². The van der Waals surface area contributed by atoms with Crippen LogP contribution < -0.4 is 10.1 Å². The Morgan fingerprint density at radius 3 is 2.96 bits per heavy atom. The van der Waals surface area contributed by atoms with Gasteiger partial charge in [-0.3, -0.25) is 4.79 Å². The molecular weight excluding hydrogens is 340 g/mol. The normalized spacial score (nSPS) is 10.5. The van der Waals surface area contributed by atoms with Gasteiger partial charge in [0.05, 0.1) is 19.2 Å². The molecule has 3 aromatic rings. The summed E-state index contributed by atoms with van der Waals surface area (Å²) in [5, 5.41) is 7.94. The number of hydrogen-bond acceptors (Lipinski definition) is 5. The third kappa shape index (κ3) is 4.43. The van der Waals surface area contributed by atoms with Crippen LogP contribution in [0.2, 0.25) is 0 Å². The number of hydrogen-bond donors (Lipinski definition) is 1. The molecular formula is C18H18N2O2S2. The standard InChI is InChI=1S/C18H18N2O2S2/c1-22-15-5-2-4-13(10-15)18-20-14(12-24-18)7-8-19-17(21)11-16-6-3-9-23-16/h2-6,9-10,12H,7-8,11H2,1H3,(H,19,21). The number of thiophene rings is 1. The molecule has 6 heteroatoms. The van der Waals surface area contributed by atoms with Crippen molar-refractivity contribution >= 4 is 28.6 Å². The Kier molecular flexibility index (Phi) is 5.61. The molecule has 1 N–H and O–H groups in total. The van der Waals surface area contributed by atoms with Crippen molar-refractivity contribution in [1.29, 1.82) is 0 Å². The maximum absolute atomic E-state index is 11.9. The first-order chi connectivity index (χ1) is 11.7. The van der Waals surface area contributed by atoms with Crippen molar-refractivity contribution in [2.75, 3.05) is 13.7 Å². The Labute approximate surface area is 149 Å². The number of rotatable bonds is 7. The van der Waals surface area contributed by atoms with Crippen LogP contribution in [0.15, 0.2) is 47.2 Å². The molecule has 2 heterocycles. The van der Waals surface area contributed by atoms with Gasteiger partial charge < -0.3 is 10.1 Å². The Bertz CT molecular complexity index is 797. The highest BCUT2D eigenvalue weighted by atomic mass is 32.1. The molecule has 1 amide bonds. The number of methoxy groups -OCH3 is 1. The number of nitrogens with one attached hydrogen (secondary N) is 1. The van der Waals surface area contributed by atoms with Crippen LogP contribution in [0.5, 0.6) is 5.75 Å². The van der Waals surface area contributed by atoms with Gasteiger partial charge in [-0.1, -0.05) is 18.2 Å². The van der Waals surface area contributed by atoms with Crippen LogP contribution in [0.4, 0.5) is 0 Å². The summed E-state index contributed by atoms with van der Waals surface area (Å²) in [6.07, 6.45) is 1.18. The molecule has 0 unspecified atom stereocenters. The molecule has 0 aliphatic heterocycles. The average molecular weight is 358 g/mol. The summed E-state index contributed by atoms with van der Waals surface area (Å²) in [4.78, 5) is 17.6. The van der Waals surface area contributed by atoms with E-state index in [9.17, 15) is 4.79 Å². The Morgan fingerprint density at radius 2 is 2.17 bits per heavy atom. The molecule has 0 saturated carbocycles. The molecule has 4 nitrogen and oxygen atoms in total. The van der Waals surface area contributed by atoms with E-state index in [-0.39, 0.29) is 5.91 Å². The third-order valence-corrected chi connectivity index (χ3v) is 5.30. The van der Waals surface area contributed by atoms with Crippen LogP contribution in [-0.2, 0) is 17.6 Å². The maximum atomic E-state index is 11.9. The van der Waals surface area contributed by atoms with Gasteiger partial charge in [-0.05, 0) is 23.6 Å². The highest BCUT2D eigenvalue weighted by Gasteiger charge is 2.07. The highest BCUT2D eigenvalue weighted by Crippen LogP contribution is 2.26. The van der Waals surface area contributed by atoms with Crippen LogP contribution in [0.25, 0.3) is 10.6 Å². The molecule has 124 valence electrons. The van der Waals surface area contributed by atoms with Crippen molar-refractivity contribution in [1.82, 2.24) is 10.3 Å². The van der Waals surface area contributed by atoms with Crippen LogP contribution in [0.1, 0.15) is 10.6 Å². The zero-order valence-corrected chi connectivity index (χ0v) is 15.0. The molecule has 2 aromatic heterocycles. The fourth-order valence-electron chi connectivity index (χ4n) is 2.27. The lowest BCUT2D eigenvalue weighted by atomic mass is 10.2. The van der Waals surface area contributed by atoms with E-state index in [4.69, 9.17) is 4.74 Å². The van der Waals surface area contributed by atoms with Gasteiger partial charge >= 0.3 is 0 Å². The number of carbonyl (C=O) groups is 1. The SMILES string of the molecule is COc1cccc(-c2nc(CCNC(=O)Cc3cccs3)cs2)c1. The number of ether oxygens (including phenoxy) is 1. The molecule has 1 aromatic carbocycles. The highest BCUT2D eigenvalue weighted by molar-refractivity contribution is 7.13. The average Bonchev–Trinajstić information content (AvgIpc) is 3.27. The van der Waals surface area contributed by atoms with E-state index >= 15 is 0 Å². The molecule has 0 aliphatic carbocycles. The minimum Gasteiger partial charge on any atom is -0.497 e. The van der Waals surface area contributed by atoms with Crippen molar-refractivity contribution in [3.8, 4) is 16.3 Å². The molecule has 3 rings (SSSR count). The number of carbonyl (C=O) groups excluding carboxylic acids is 1. The van der Waals surface area contributed by atoms with E-state index in [0.717, 1.165) is 33.3 Å². The Balaban J connectivity index is 1.51. The first kappa shape index (κ1) is 16.7. The number of aromatic nitrogens is 1. The van der Waals surface area contributed by atoms with Crippen LogP contribution in [0.3, 0.4) is 0 Å². The number of amides is 1. The van der Waals surface area contributed by atoms with Crippen molar-refractivity contribution in [3.63, 3.8) is 0 Å². The molecule has 0 radical (unpaired) electrons. The predicted octanol–water partition coefficient (Wildman–Crippen LogP) is 3.78. The lowest BCUT2D eigenvalue weighted by Crippen LogP contribution is -2.27. The molecule has 0 spiro atoms. The summed E-state index contributed by atoms with van der Waals surface area (Å²) in [5.74, 6) is 0.880. The molecule has 0 aliphatic rings. The van der Waals surface area contributed by atoms with Crippen LogP contribution in [0, 0.1) is 0 Å². The van der Waals surface area contributed by atoms with Gasteiger partial charge in [0, 0.05) is 28.8 Å². The quantitative estimate of drug-likeness (QED) is 0.699. The number of benzene rings is 1. The summed E-state index contributed by atoms with van der Waals surface area (Å²) in [6.45, 7) is 0.603. The van der Waals surface area contributed by atoms with Crippen molar-refractivity contribution in [3.05, 3.63) is 57.7 Å². The molecule has 24 heavy (non-hydrogen) atoms. The molecule has 0 fully saturated rings. The predicted molar refractivity (Wildman–Crippen MR) is 98.8 cm³/mol. The second-order valence-corrected chi connectivity index (χ2v) is 7.12. The van der Waals surface area contributed by atoms with Gasteiger partial charge in [-0.25, -0.2) is 4.98 Å². The molecule has 0 bridgehead atoms. The minimum atomic E-state index is 0.0562. The minimum absolute atomic E-state index is 0.0562. The van der Waals surface area contributed by atoms with Crippen molar-refractivity contribution in [2.24, 2.45) is 0 Å². The van der Waals surface area contributed by atoms with Gasteiger partial charge in [0.2, 0.25) is 5.91 Å². The maximum Gasteiger partial charge on any atom is 0.225 e. The smallest absolute Gasteiger partial charge is 0.225 e. The Hall–Kier alpha value is -2.18. The van der Waals surface area contributed by atoms with Crippen LogP contribution in [-0.4, -0.2) is 24.5 Å². The first-order valence-corrected chi connectivity index (χ1v) is 9.38. The first-order valence-electron chi connectivity index (χ1n) is 7.62. The molecule has 0 atom stereocenters. The Morgan fingerprint density at radius 1 is 1.25 bits per heavy atom. The monoisotopic (exact) mass is 358 g/mol. The second kappa shape index (κ2) is 8.08. The zero-order chi connectivity index (χ0) is 16.8. The summed E-state index contributed by atoms with van der Waals surface area (Å²) in [7, 11) is 1.66. The van der Waals surface area contributed by atoms with E-state index in [1.165, 1.54) is 0 Å². The van der Waals surface area contributed by atoms with Gasteiger partial charge in [0.25, 0.3) is 0 Å². The van der Waals surface area contributed by atoms with Gasteiger partial charge in [0.1, 0.15) is 10.8 Å². The van der Waals surface area contributed by atoms with Crippen molar-refractivity contribution < 1.29 is 9.53 Å². The van der Waals surface area contributed by atoms with E-state index < -0.39 is 0 Å². The second-order valence-electron chi connectivity index (χ2n) is 5.23. The third-order valence-electron chi connectivity index (χ3n) is 3.49. The van der Waals surface area contributed by atoms with Crippen molar-refractivity contribution in [2.45, 2.75) is 12.8 Å². The fraction of sp³-hybridized carbons (Fsp3) is 0.222. The zero-order valence-electron chi connectivity index (χ0n) is 13.3. The van der Waals surface area contributed by atoms with Gasteiger partial charge in [-0.15, -0.1) is 22.7 Å². The summed E-state index contributed by atoms with van der Waals surface area (Å²) < 4.78 is 5.25. The largest absolute Gasteiger partial charge is 0.497 e. The van der Waals surface area contributed by atoms with Gasteiger partial charge in [0.15, 0.2) is 0 Å². The van der Waals surface area contributed by atoms with E-state index in [0.29, 0.717) is 13.0 Å². The summed E-state index contributed by atoms with van der Waals surface area (Å²) >= 11 is 3.21. The topological polar surface area (TPSA) is 51.2 Å². The lowest BCUT2D eigenvalue weighted by Gasteiger charge is -2.03. The van der Waals surface area contributed by atoms with E-state index in [2.05, 4.69) is 10.3 Å². The molecule has 0 saturated heterocycles. The van der Waals surface area contributed by atoms with Crippen LogP contribution >= 0.6 is 22.7 Å². The summed E-state index contributed by atoms with van der Waals surface area (Å²) in [5.41, 5.74) is 2.04. The lowest BCUT2D eigenvalue weighted by molar-refractivity contribution is -0.120.